The van der Waals surface area contributed by atoms with Gasteiger partial charge in [0, 0.05) is 6.07 Å². The normalized spacial score (nSPS) is 15.5. The number of fused-ring (bicyclic) bond motifs is 1. The molecule has 0 radical (unpaired) electrons. The first-order chi connectivity index (χ1) is 11.2. The third-order valence-corrected chi connectivity index (χ3v) is 3.28. The Morgan fingerprint density at radius 1 is 1.26 bits per heavy atom. The number of hydrogen-bond acceptors (Lipinski definition) is 6. The van der Waals surface area contributed by atoms with Gasteiger partial charge in [-0.05, 0) is 30.3 Å². The van der Waals surface area contributed by atoms with Gasteiger partial charge in [-0.15, -0.1) is 0 Å². The molecule has 1 atom stereocenters. The Morgan fingerprint density at radius 3 is 2.74 bits per heavy atom. The predicted molar refractivity (Wildman–Crippen MR) is 79.7 cm³/mol. The molecule has 0 unspecified atom stereocenters. The van der Waals surface area contributed by atoms with Gasteiger partial charge in [-0.25, -0.2) is 0 Å². The van der Waals surface area contributed by atoms with E-state index < -0.39 is 4.92 Å². The monoisotopic (exact) mass is 312 g/mol. The molecule has 0 spiro atoms. The first kappa shape index (κ1) is 14.7. The van der Waals surface area contributed by atoms with E-state index in [0.717, 1.165) is 0 Å². The SMILES string of the molecule is N#Cc1ccc(OC[C@H]2COc3ccc([N+](=O)[O-])cc3O2)cc1. The van der Waals surface area contributed by atoms with Crippen LogP contribution in [0.3, 0.4) is 0 Å². The molecule has 1 heterocycles. The zero-order chi connectivity index (χ0) is 16.2. The number of rotatable bonds is 4. The summed E-state index contributed by atoms with van der Waals surface area (Å²) in [6, 6.07) is 13.0. The fourth-order valence-corrected chi connectivity index (χ4v) is 2.11. The quantitative estimate of drug-likeness (QED) is 0.636. The molecular weight excluding hydrogens is 300 g/mol. The van der Waals surface area contributed by atoms with E-state index >= 15 is 0 Å². The lowest BCUT2D eigenvalue weighted by atomic mass is 10.2. The molecule has 0 aliphatic carbocycles. The summed E-state index contributed by atoms with van der Waals surface area (Å²) in [5, 5.41) is 19.5. The van der Waals surface area contributed by atoms with Crippen molar-refractivity contribution >= 4 is 5.69 Å². The molecule has 0 saturated carbocycles. The van der Waals surface area contributed by atoms with Crippen LogP contribution in [0.4, 0.5) is 5.69 Å². The highest BCUT2D eigenvalue weighted by atomic mass is 16.6. The van der Waals surface area contributed by atoms with Crippen molar-refractivity contribution < 1.29 is 19.1 Å². The summed E-state index contributed by atoms with van der Waals surface area (Å²) in [5.74, 6) is 1.42. The Kier molecular flexibility index (Phi) is 3.97. The number of benzene rings is 2. The molecule has 116 valence electrons. The molecular formula is C16H12N2O5. The number of nitro groups is 1. The van der Waals surface area contributed by atoms with Crippen LogP contribution in [0.25, 0.3) is 0 Å². The third-order valence-electron chi connectivity index (χ3n) is 3.28. The Morgan fingerprint density at radius 2 is 2.04 bits per heavy atom. The van der Waals surface area contributed by atoms with Gasteiger partial charge >= 0.3 is 0 Å². The Balaban J connectivity index is 1.63. The fraction of sp³-hybridized carbons (Fsp3) is 0.188. The molecule has 2 aromatic rings. The molecule has 3 rings (SSSR count). The van der Waals surface area contributed by atoms with Crippen LogP contribution >= 0.6 is 0 Å². The molecule has 7 nitrogen and oxygen atoms in total. The van der Waals surface area contributed by atoms with Crippen molar-refractivity contribution in [2.75, 3.05) is 13.2 Å². The van der Waals surface area contributed by atoms with Gasteiger partial charge < -0.3 is 14.2 Å². The van der Waals surface area contributed by atoms with E-state index in [0.29, 0.717) is 29.4 Å². The molecule has 23 heavy (non-hydrogen) atoms. The second-order valence-corrected chi connectivity index (χ2v) is 4.89. The smallest absolute Gasteiger partial charge is 0.273 e. The summed E-state index contributed by atoms with van der Waals surface area (Å²) in [6.07, 6.45) is -0.375. The minimum atomic E-state index is -0.486. The van der Waals surface area contributed by atoms with Crippen LogP contribution in [-0.4, -0.2) is 24.2 Å². The molecule has 0 N–H and O–H groups in total. The molecule has 1 aliphatic heterocycles. The van der Waals surface area contributed by atoms with Crippen molar-refractivity contribution in [3.63, 3.8) is 0 Å². The van der Waals surface area contributed by atoms with Crippen molar-refractivity contribution in [1.82, 2.24) is 0 Å². The maximum atomic E-state index is 10.8. The van der Waals surface area contributed by atoms with Gasteiger partial charge in [0.1, 0.15) is 19.0 Å². The van der Waals surface area contributed by atoms with Gasteiger partial charge in [0.15, 0.2) is 17.6 Å². The molecule has 7 heteroatoms. The number of ether oxygens (including phenoxy) is 3. The molecule has 0 fully saturated rings. The van der Waals surface area contributed by atoms with Crippen LogP contribution in [0.1, 0.15) is 5.56 Å². The Hall–Kier alpha value is -3.27. The second kappa shape index (κ2) is 6.23. The van der Waals surface area contributed by atoms with E-state index in [2.05, 4.69) is 0 Å². The van der Waals surface area contributed by atoms with E-state index in [4.69, 9.17) is 19.5 Å². The highest BCUT2D eigenvalue weighted by Crippen LogP contribution is 2.35. The Bertz CT molecular complexity index is 767. The number of nitriles is 1. The topological polar surface area (TPSA) is 94.6 Å². The minimum Gasteiger partial charge on any atom is -0.490 e. The van der Waals surface area contributed by atoms with Crippen molar-refractivity contribution in [3.05, 3.63) is 58.1 Å². The van der Waals surface area contributed by atoms with Crippen molar-refractivity contribution in [2.24, 2.45) is 0 Å². The van der Waals surface area contributed by atoms with Crippen LogP contribution in [0.2, 0.25) is 0 Å². The van der Waals surface area contributed by atoms with E-state index in [1.165, 1.54) is 18.2 Å². The van der Waals surface area contributed by atoms with Crippen LogP contribution < -0.4 is 14.2 Å². The average Bonchev–Trinajstić information content (AvgIpc) is 2.59. The van der Waals surface area contributed by atoms with Gasteiger partial charge in [-0.3, -0.25) is 10.1 Å². The van der Waals surface area contributed by atoms with E-state index in [1.807, 2.05) is 6.07 Å². The minimum absolute atomic E-state index is 0.0546. The van der Waals surface area contributed by atoms with E-state index in [-0.39, 0.29) is 18.4 Å². The molecule has 0 bridgehead atoms. The maximum absolute atomic E-state index is 10.8. The molecule has 0 saturated heterocycles. The zero-order valence-corrected chi connectivity index (χ0v) is 12.0. The summed E-state index contributed by atoms with van der Waals surface area (Å²) in [4.78, 5) is 10.3. The number of non-ortho nitro benzene ring substituents is 1. The van der Waals surface area contributed by atoms with Crippen molar-refractivity contribution in [1.29, 1.82) is 5.26 Å². The Labute approximate surface area is 131 Å². The second-order valence-electron chi connectivity index (χ2n) is 4.89. The van der Waals surface area contributed by atoms with Gasteiger partial charge in [-0.2, -0.15) is 5.26 Å². The summed E-state index contributed by atoms with van der Waals surface area (Å²) in [6.45, 7) is 0.523. The van der Waals surface area contributed by atoms with Crippen molar-refractivity contribution in [2.45, 2.75) is 6.10 Å². The highest BCUT2D eigenvalue weighted by molar-refractivity contribution is 5.49. The fourth-order valence-electron chi connectivity index (χ4n) is 2.11. The summed E-state index contributed by atoms with van der Waals surface area (Å²) in [5.41, 5.74) is 0.497. The van der Waals surface area contributed by atoms with Gasteiger partial charge in [0.2, 0.25) is 0 Å². The van der Waals surface area contributed by atoms with Gasteiger partial charge in [0.05, 0.1) is 22.6 Å². The van der Waals surface area contributed by atoms with Crippen molar-refractivity contribution in [3.8, 4) is 23.3 Å². The van der Waals surface area contributed by atoms with E-state index in [9.17, 15) is 10.1 Å². The van der Waals surface area contributed by atoms with Crippen LogP contribution in [0, 0.1) is 21.4 Å². The standard InChI is InChI=1S/C16H12N2O5/c17-8-11-1-4-13(5-2-11)21-9-14-10-22-15-6-3-12(18(19)20)7-16(15)23-14/h1-7,14H,9-10H2/t14-/m0/s1. The molecule has 2 aromatic carbocycles. The lowest BCUT2D eigenvalue weighted by Crippen LogP contribution is -2.34. The highest BCUT2D eigenvalue weighted by Gasteiger charge is 2.24. The van der Waals surface area contributed by atoms with E-state index in [1.54, 1.807) is 24.3 Å². The van der Waals surface area contributed by atoms with Crippen LogP contribution in [0.5, 0.6) is 17.2 Å². The lowest BCUT2D eigenvalue weighted by Gasteiger charge is -2.26. The summed E-state index contributed by atoms with van der Waals surface area (Å²) < 4.78 is 16.8. The van der Waals surface area contributed by atoms with Gasteiger partial charge in [-0.1, -0.05) is 0 Å². The zero-order valence-electron chi connectivity index (χ0n) is 12.0. The predicted octanol–water partition coefficient (Wildman–Crippen LogP) is 2.69. The number of nitrogens with zero attached hydrogens (tertiary/aromatic N) is 2. The summed E-state index contributed by atoms with van der Waals surface area (Å²) in [7, 11) is 0. The van der Waals surface area contributed by atoms with Gasteiger partial charge in [0.25, 0.3) is 5.69 Å². The maximum Gasteiger partial charge on any atom is 0.273 e. The summed E-state index contributed by atoms with van der Waals surface area (Å²) >= 11 is 0. The van der Waals surface area contributed by atoms with Crippen LogP contribution in [0.15, 0.2) is 42.5 Å². The average molecular weight is 312 g/mol. The first-order valence-electron chi connectivity index (χ1n) is 6.86. The molecule has 0 amide bonds. The lowest BCUT2D eigenvalue weighted by molar-refractivity contribution is -0.385. The van der Waals surface area contributed by atoms with Crippen LogP contribution in [-0.2, 0) is 0 Å². The third kappa shape index (κ3) is 3.32. The first-order valence-corrected chi connectivity index (χ1v) is 6.86. The number of nitro benzene ring substituents is 1. The largest absolute Gasteiger partial charge is 0.490 e. The number of hydrogen-bond donors (Lipinski definition) is 0. The molecule has 1 aliphatic rings. The molecule has 0 aromatic heterocycles.